The fraction of sp³-hybridized carbons (Fsp3) is 0.833. The Balaban J connectivity index is 1.88. The van der Waals surface area contributed by atoms with E-state index in [0.717, 1.165) is 25.7 Å². The summed E-state index contributed by atoms with van der Waals surface area (Å²) < 4.78 is 0. The van der Waals surface area contributed by atoms with Crippen molar-refractivity contribution in [1.82, 2.24) is 9.80 Å². The van der Waals surface area contributed by atoms with E-state index in [2.05, 4.69) is 0 Å². The molecule has 2 rings (SSSR count). The normalized spacial score (nSPS) is 20.5. The van der Waals surface area contributed by atoms with Crippen LogP contribution in [0.3, 0.4) is 0 Å². The number of rotatable bonds is 5. The summed E-state index contributed by atoms with van der Waals surface area (Å²) in [5, 5.41) is 8.99. The van der Waals surface area contributed by atoms with Crippen molar-refractivity contribution in [1.29, 1.82) is 0 Å². The van der Waals surface area contributed by atoms with Crippen LogP contribution < -0.4 is 0 Å². The number of likely N-dealkylation sites (tertiary alicyclic amines) is 1. The summed E-state index contributed by atoms with van der Waals surface area (Å²) in [6.45, 7) is 1.28. The molecule has 5 nitrogen and oxygen atoms in total. The van der Waals surface area contributed by atoms with E-state index in [1.807, 2.05) is 0 Å². The lowest BCUT2D eigenvalue weighted by molar-refractivity contribution is -0.141. The molecule has 1 saturated heterocycles. The number of amides is 2. The molecule has 0 radical (unpaired) electrons. The molecular formula is C12H20N2O3. The Hall–Kier alpha value is -1.10. The fourth-order valence-corrected chi connectivity index (χ4v) is 2.44. The Morgan fingerprint density at radius 2 is 2.18 bits per heavy atom. The molecule has 1 aliphatic carbocycles. The van der Waals surface area contributed by atoms with Crippen LogP contribution >= 0.6 is 0 Å². The van der Waals surface area contributed by atoms with Crippen LogP contribution in [0.25, 0.3) is 0 Å². The second kappa shape index (κ2) is 5.49. The molecule has 0 spiro atoms. The van der Waals surface area contributed by atoms with Gasteiger partial charge in [-0.1, -0.05) is 0 Å². The third-order valence-corrected chi connectivity index (χ3v) is 3.67. The van der Waals surface area contributed by atoms with Gasteiger partial charge in [-0.25, -0.2) is 0 Å². The van der Waals surface area contributed by atoms with Gasteiger partial charge in [0.1, 0.15) is 0 Å². The van der Waals surface area contributed by atoms with Crippen molar-refractivity contribution in [3.63, 3.8) is 0 Å². The van der Waals surface area contributed by atoms with Gasteiger partial charge in [0.05, 0.1) is 13.2 Å². The number of nitrogens with zero attached hydrogens (tertiary/aromatic N) is 2. The number of aliphatic hydroxyl groups is 1. The van der Waals surface area contributed by atoms with Gasteiger partial charge in [-0.05, 0) is 25.7 Å². The largest absolute Gasteiger partial charge is 0.395 e. The highest BCUT2D eigenvalue weighted by Crippen LogP contribution is 2.25. The minimum absolute atomic E-state index is 0.00378. The van der Waals surface area contributed by atoms with Gasteiger partial charge in [0, 0.05) is 25.6 Å². The highest BCUT2D eigenvalue weighted by Gasteiger charge is 2.31. The molecular weight excluding hydrogens is 220 g/mol. The zero-order chi connectivity index (χ0) is 12.3. The zero-order valence-corrected chi connectivity index (χ0v) is 10.1. The summed E-state index contributed by atoms with van der Waals surface area (Å²) in [5.41, 5.74) is 0. The summed E-state index contributed by atoms with van der Waals surface area (Å²) >= 11 is 0. The van der Waals surface area contributed by atoms with Crippen LogP contribution in [0.5, 0.6) is 0 Å². The molecule has 17 heavy (non-hydrogen) atoms. The average molecular weight is 240 g/mol. The molecule has 2 fully saturated rings. The molecule has 0 aromatic heterocycles. The van der Waals surface area contributed by atoms with Gasteiger partial charge in [-0.3, -0.25) is 9.59 Å². The standard InChI is InChI=1S/C12H20N2O3/c15-8-7-14(10-3-1-4-10)12(17)9-13-6-2-5-11(13)16/h10,15H,1-9H2. The maximum absolute atomic E-state index is 12.1. The Morgan fingerprint density at radius 1 is 1.41 bits per heavy atom. The van der Waals surface area contributed by atoms with Crippen molar-refractivity contribution in [3.8, 4) is 0 Å². The molecule has 2 amide bonds. The van der Waals surface area contributed by atoms with E-state index in [1.165, 1.54) is 0 Å². The van der Waals surface area contributed by atoms with Crippen LogP contribution in [-0.2, 0) is 9.59 Å². The number of hydrogen-bond donors (Lipinski definition) is 1. The maximum atomic E-state index is 12.1. The van der Waals surface area contributed by atoms with E-state index < -0.39 is 0 Å². The Labute approximate surface area is 101 Å². The molecule has 0 unspecified atom stereocenters. The molecule has 1 N–H and O–H groups in total. The van der Waals surface area contributed by atoms with Crippen LogP contribution in [0.4, 0.5) is 0 Å². The van der Waals surface area contributed by atoms with Gasteiger partial charge in [0.2, 0.25) is 11.8 Å². The molecule has 0 aromatic carbocycles. The maximum Gasteiger partial charge on any atom is 0.242 e. The smallest absolute Gasteiger partial charge is 0.242 e. The third kappa shape index (κ3) is 2.77. The first kappa shape index (κ1) is 12.4. The van der Waals surface area contributed by atoms with Gasteiger partial charge in [-0.15, -0.1) is 0 Å². The summed E-state index contributed by atoms with van der Waals surface area (Å²) in [6.07, 6.45) is 4.63. The average Bonchev–Trinajstić information content (AvgIpc) is 2.61. The molecule has 1 aliphatic heterocycles. The first-order valence-electron chi connectivity index (χ1n) is 6.40. The van der Waals surface area contributed by atoms with Crippen LogP contribution in [0.15, 0.2) is 0 Å². The number of aliphatic hydroxyl groups excluding tert-OH is 1. The first-order chi connectivity index (χ1) is 8.22. The second-order valence-electron chi connectivity index (χ2n) is 4.81. The summed E-state index contributed by atoms with van der Waals surface area (Å²) in [4.78, 5) is 26.9. The quantitative estimate of drug-likeness (QED) is 0.735. The lowest BCUT2D eigenvalue weighted by Gasteiger charge is -2.38. The lowest BCUT2D eigenvalue weighted by atomic mass is 9.91. The highest BCUT2D eigenvalue weighted by atomic mass is 16.3. The van der Waals surface area contributed by atoms with Crippen molar-refractivity contribution in [2.45, 2.75) is 38.1 Å². The molecule has 1 heterocycles. The summed E-state index contributed by atoms with van der Waals surface area (Å²) in [5.74, 6) is 0.0647. The second-order valence-corrected chi connectivity index (χ2v) is 4.81. The summed E-state index contributed by atoms with van der Waals surface area (Å²) in [7, 11) is 0. The van der Waals surface area contributed by atoms with Crippen LogP contribution in [-0.4, -0.2) is 59.0 Å². The molecule has 0 atom stereocenters. The van der Waals surface area contributed by atoms with E-state index in [0.29, 0.717) is 19.5 Å². The number of hydrogen-bond acceptors (Lipinski definition) is 3. The fourth-order valence-electron chi connectivity index (χ4n) is 2.44. The van der Waals surface area contributed by atoms with Gasteiger partial charge >= 0.3 is 0 Å². The molecule has 2 aliphatic rings. The Kier molecular flexibility index (Phi) is 3.99. The number of carbonyl (C=O) groups excluding carboxylic acids is 2. The van der Waals surface area contributed by atoms with Crippen LogP contribution in [0, 0.1) is 0 Å². The van der Waals surface area contributed by atoms with Crippen LogP contribution in [0.2, 0.25) is 0 Å². The van der Waals surface area contributed by atoms with Gasteiger partial charge in [-0.2, -0.15) is 0 Å². The predicted octanol–water partition coefficient (Wildman–Crippen LogP) is -0.0178. The van der Waals surface area contributed by atoms with Crippen molar-refractivity contribution < 1.29 is 14.7 Å². The predicted molar refractivity (Wildman–Crippen MR) is 62.3 cm³/mol. The highest BCUT2D eigenvalue weighted by molar-refractivity contribution is 5.86. The lowest BCUT2D eigenvalue weighted by Crippen LogP contribution is -2.49. The first-order valence-corrected chi connectivity index (χ1v) is 6.40. The van der Waals surface area contributed by atoms with Crippen LogP contribution in [0.1, 0.15) is 32.1 Å². The summed E-state index contributed by atoms with van der Waals surface area (Å²) in [6, 6.07) is 0.285. The minimum Gasteiger partial charge on any atom is -0.395 e. The van der Waals surface area contributed by atoms with Gasteiger partial charge in [0.25, 0.3) is 0 Å². The molecule has 0 aromatic rings. The molecule has 96 valence electrons. The monoisotopic (exact) mass is 240 g/mol. The number of carbonyl (C=O) groups is 2. The Bertz CT molecular complexity index is 302. The van der Waals surface area contributed by atoms with E-state index in [1.54, 1.807) is 9.80 Å². The third-order valence-electron chi connectivity index (χ3n) is 3.67. The molecule has 1 saturated carbocycles. The Morgan fingerprint density at radius 3 is 2.65 bits per heavy atom. The van der Waals surface area contributed by atoms with Gasteiger partial charge in [0.15, 0.2) is 0 Å². The van der Waals surface area contributed by atoms with E-state index >= 15 is 0 Å². The van der Waals surface area contributed by atoms with E-state index in [9.17, 15) is 9.59 Å². The van der Waals surface area contributed by atoms with Gasteiger partial charge < -0.3 is 14.9 Å². The van der Waals surface area contributed by atoms with E-state index in [-0.39, 0.29) is 31.0 Å². The molecule has 0 bridgehead atoms. The molecule has 5 heteroatoms. The minimum atomic E-state index is -0.0148. The van der Waals surface area contributed by atoms with Crippen molar-refractivity contribution in [3.05, 3.63) is 0 Å². The van der Waals surface area contributed by atoms with Crippen molar-refractivity contribution in [2.24, 2.45) is 0 Å². The topological polar surface area (TPSA) is 60.9 Å². The zero-order valence-electron chi connectivity index (χ0n) is 10.1. The SMILES string of the molecule is O=C1CCCN1CC(=O)N(CCO)C1CCC1. The van der Waals surface area contributed by atoms with Crippen molar-refractivity contribution in [2.75, 3.05) is 26.2 Å². The van der Waals surface area contributed by atoms with E-state index in [4.69, 9.17) is 5.11 Å². The van der Waals surface area contributed by atoms with Crippen molar-refractivity contribution >= 4 is 11.8 Å².